The number of nitrogens with two attached hydrogens (primary N) is 1. The molecular weight excluding hydrogens is 342 g/mol. The Bertz CT molecular complexity index is 751. The molecule has 0 saturated carbocycles. The lowest BCUT2D eigenvalue weighted by Crippen LogP contribution is -2.21. The molecule has 1 aromatic heterocycles. The van der Waals surface area contributed by atoms with Crippen molar-refractivity contribution in [3.63, 3.8) is 0 Å². The van der Waals surface area contributed by atoms with Crippen LogP contribution in [0.2, 0.25) is 0 Å². The molecule has 8 nitrogen and oxygen atoms in total. The zero-order valence-corrected chi connectivity index (χ0v) is 12.1. The third-order valence-electron chi connectivity index (χ3n) is 2.53. The molecule has 108 valence electrons. The summed E-state index contributed by atoms with van der Waals surface area (Å²) >= 11 is 3.27. The lowest BCUT2D eigenvalue weighted by atomic mass is 10.1. The summed E-state index contributed by atoms with van der Waals surface area (Å²) in [7, 11) is 0. The number of anilines is 1. The van der Waals surface area contributed by atoms with Crippen LogP contribution in [0.25, 0.3) is 0 Å². The predicted octanol–water partition coefficient (Wildman–Crippen LogP) is 0.879. The average molecular weight is 352 g/mol. The molecule has 5 N–H and O–H groups in total. The van der Waals surface area contributed by atoms with E-state index in [2.05, 4.69) is 36.6 Å². The van der Waals surface area contributed by atoms with Crippen molar-refractivity contribution in [2.75, 3.05) is 5.32 Å². The Labute approximate surface area is 126 Å². The summed E-state index contributed by atoms with van der Waals surface area (Å²) in [6.45, 7) is 0. The van der Waals surface area contributed by atoms with Gasteiger partial charge >= 0.3 is 0 Å². The minimum absolute atomic E-state index is 0.0278. The molecule has 0 aliphatic rings. The zero-order valence-electron chi connectivity index (χ0n) is 10.5. The van der Waals surface area contributed by atoms with Crippen LogP contribution in [0.4, 0.5) is 5.69 Å². The van der Waals surface area contributed by atoms with Crippen molar-refractivity contribution in [3.8, 4) is 0 Å². The van der Waals surface area contributed by atoms with E-state index in [1.807, 2.05) is 0 Å². The van der Waals surface area contributed by atoms with Gasteiger partial charge in [-0.25, -0.2) is 5.10 Å². The number of nitrogens with zero attached hydrogens (tertiary/aromatic N) is 2. The van der Waals surface area contributed by atoms with Crippen LogP contribution in [0, 0.1) is 0 Å². The second-order valence-corrected chi connectivity index (χ2v) is 4.85. The van der Waals surface area contributed by atoms with Gasteiger partial charge < -0.3 is 16.3 Å². The summed E-state index contributed by atoms with van der Waals surface area (Å²) in [4.78, 5) is 23.0. The summed E-state index contributed by atoms with van der Waals surface area (Å²) in [5.41, 5.74) is 5.84. The number of aromatic amines is 1. The van der Waals surface area contributed by atoms with Crippen molar-refractivity contribution in [3.05, 3.63) is 56.4 Å². The quantitative estimate of drug-likeness (QED) is 0.282. The summed E-state index contributed by atoms with van der Waals surface area (Å²) in [5.74, 6) is -0.691. The van der Waals surface area contributed by atoms with Gasteiger partial charge in [-0.1, -0.05) is 21.1 Å². The van der Waals surface area contributed by atoms with E-state index in [4.69, 9.17) is 10.9 Å². The first-order chi connectivity index (χ1) is 10.0. The average Bonchev–Trinajstić information content (AvgIpc) is 2.47. The Balaban J connectivity index is 2.34. The summed E-state index contributed by atoms with van der Waals surface area (Å²) in [6.07, 6.45) is 0. The van der Waals surface area contributed by atoms with Crippen molar-refractivity contribution in [2.24, 2.45) is 10.9 Å². The van der Waals surface area contributed by atoms with Crippen LogP contribution in [0.3, 0.4) is 0 Å². The van der Waals surface area contributed by atoms with E-state index in [9.17, 15) is 9.59 Å². The number of benzene rings is 1. The SMILES string of the molecule is N/C(=N/O)c1ccc(Br)cc1NC(=O)c1ccc(=O)[nH]n1. The maximum atomic E-state index is 12.0. The molecule has 2 rings (SSSR count). The molecule has 0 bridgehead atoms. The number of oxime groups is 1. The van der Waals surface area contributed by atoms with Gasteiger partial charge in [0.15, 0.2) is 5.84 Å². The van der Waals surface area contributed by atoms with Crippen LogP contribution < -0.4 is 16.6 Å². The van der Waals surface area contributed by atoms with E-state index in [0.717, 1.165) is 0 Å². The van der Waals surface area contributed by atoms with Crippen molar-refractivity contribution in [1.82, 2.24) is 10.2 Å². The van der Waals surface area contributed by atoms with Gasteiger partial charge in [0, 0.05) is 16.1 Å². The van der Waals surface area contributed by atoms with Crippen LogP contribution in [0.1, 0.15) is 16.1 Å². The number of aromatic nitrogens is 2. The Hall–Kier alpha value is -2.68. The van der Waals surface area contributed by atoms with Crippen LogP contribution in [-0.2, 0) is 0 Å². The summed E-state index contributed by atoms with van der Waals surface area (Å²) in [5, 5.41) is 20.0. The predicted molar refractivity (Wildman–Crippen MR) is 79.5 cm³/mol. The van der Waals surface area contributed by atoms with Gasteiger partial charge in [0.25, 0.3) is 11.5 Å². The van der Waals surface area contributed by atoms with Gasteiger partial charge in [-0.15, -0.1) is 0 Å². The van der Waals surface area contributed by atoms with E-state index in [-0.39, 0.29) is 11.5 Å². The van der Waals surface area contributed by atoms with Crippen molar-refractivity contribution in [2.45, 2.75) is 0 Å². The van der Waals surface area contributed by atoms with E-state index in [1.165, 1.54) is 12.1 Å². The first-order valence-corrected chi connectivity index (χ1v) is 6.45. The molecule has 21 heavy (non-hydrogen) atoms. The minimum Gasteiger partial charge on any atom is -0.409 e. The Kier molecular flexibility index (Phi) is 4.33. The highest BCUT2D eigenvalue weighted by Crippen LogP contribution is 2.21. The summed E-state index contributed by atoms with van der Waals surface area (Å²) in [6, 6.07) is 7.33. The first-order valence-electron chi connectivity index (χ1n) is 5.66. The molecule has 1 aromatic carbocycles. The molecule has 1 heterocycles. The lowest BCUT2D eigenvalue weighted by Gasteiger charge is -2.10. The molecule has 0 saturated heterocycles. The number of amides is 1. The molecule has 0 atom stereocenters. The van der Waals surface area contributed by atoms with Crippen LogP contribution in [0.15, 0.2) is 44.8 Å². The second kappa shape index (κ2) is 6.18. The molecule has 1 amide bonds. The fraction of sp³-hybridized carbons (Fsp3) is 0. The Morgan fingerprint density at radius 3 is 2.76 bits per heavy atom. The van der Waals surface area contributed by atoms with Crippen molar-refractivity contribution in [1.29, 1.82) is 0 Å². The van der Waals surface area contributed by atoms with Crippen LogP contribution in [-0.4, -0.2) is 27.1 Å². The zero-order chi connectivity index (χ0) is 15.4. The number of nitrogens with one attached hydrogen (secondary N) is 2. The smallest absolute Gasteiger partial charge is 0.276 e. The van der Waals surface area contributed by atoms with Crippen LogP contribution >= 0.6 is 15.9 Å². The molecule has 0 radical (unpaired) electrons. The van der Waals surface area contributed by atoms with E-state index in [1.54, 1.807) is 18.2 Å². The lowest BCUT2D eigenvalue weighted by molar-refractivity contribution is 0.102. The van der Waals surface area contributed by atoms with Gasteiger partial charge in [-0.3, -0.25) is 9.59 Å². The maximum Gasteiger partial charge on any atom is 0.276 e. The Morgan fingerprint density at radius 1 is 1.38 bits per heavy atom. The van der Waals surface area contributed by atoms with Gasteiger partial charge in [0.1, 0.15) is 5.69 Å². The largest absolute Gasteiger partial charge is 0.409 e. The third-order valence-corrected chi connectivity index (χ3v) is 3.02. The Morgan fingerprint density at radius 2 is 2.14 bits per heavy atom. The van der Waals surface area contributed by atoms with E-state index < -0.39 is 11.5 Å². The minimum atomic E-state index is -0.545. The number of halogens is 1. The fourth-order valence-corrected chi connectivity index (χ4v) is 1.92. The molecule has 0 aliphatic heterocycles. The third kappa shape index (κ3) is 3.45. The topological polar surface area (TPSA) is 133 Å². The number of rotatable bonds is 3. The highest BCUT2D eigenvalue weighted by Gasteiger charge is 2.13. The van der Waals surface area contributed by atoms with Gasteiger partial charge in [0.2, 0.25) is 0 Å². The monoisotopic (exact) mass is 351 g/mol. The van der Waals surface area contributed by atoms with Gasteiger partial charge in [-0.2, -0.15) is 5.10 Å². The molecular formula is C12H10BrN5O3. The molecule has 9 heteroatoms. The number of amidine groups is 1. The molecule has 0 unspecified atom stereocenters. The number of carbonyl (C=O) groups is 1. The number of H-pyrrole nitrogens is 1. The molecule has 0 aliphatic carbocycles. The molecule has 0 spiro atoms. The molecule has 0 fully saturated rings. The fourth-order valence-electron chi connectivity index (χ4n) is 1.55. The summed E-state index contributed by atoms with van der Waals surface area (Å²) < 4.78 is 0.696. The van der Waals surface area contributed by atoms with E-state index >= 15 is 0 Å². The normalized spacial score (nSPS) is 11.2. The van der Waals surface area contributed by atoms with Crippen LogP contribution in [0.5, 0.6) is 0 Å². The van der Waals surface area contributed by atoms with E-state index in [0.29, 0.717) is 15.7 Å². The maximum absolute atomic E-state index is 12.0. The second-order valence-electron chi connectivity index (χ2n) is 3.94. The number of hydrogen-bond donors (Lipinski definition) is 4. The van der Waals surface area contributed by atoms with Gasteiger partial charge in [-0.05, 0) is 24.3 Å². The number of carbonyl (C=O) groups excluding carboxylic acids is 1. The highest BCUT2D eigenvalue weighted by molar-refractivity contribution is 9.10. The van der Waals surface area contributed by atoms with Crippen molar-refractivity contribution >= 4 is 33.4 Å². The number of hydrogen-bond acceptors (Lipinski definition) is 5. The van der Waals surface area contributed by atoms with Crippen molar-refractivity contribution < 1.29 is 10.0 Å². The highest BCUT2D eigenvalue weighted by atomic mass is 79.9. The standard InChI is InChI=1S/C12H10BrN5O3/c13-6-1-2-7(11(14)18-21)9(5-6)15-12(20)8-3-4-10(19)17-16-8/h1-5,21H,(H2,14,18)(H,15,20)(H,17,19). The first kappa shape index (κ1) is 14.7. The molecule has 2 aromatic rings. The van der Waals surface area contributed by atoms with Gasteiger partial charge in [0.05, 0.1) is 5.69 Å².